The molecule has 0 atom stereocenters. The van der Waals surface area contributed by atoms with Crippen molar-refractivity contribution in [2.75, 3.05) is 17.7 Å². The zero-order valence-corrected chi connectivity index (χ0v) is 10.2. The Hall–Kier alpha value is -2.43. The molecular formula is C14H12F2N2O. The first kappa shape index (κ1) is 13.0. The normalized spacial score (nSPS) is 10.3. The molecule has 2 aromatic carbocycles. The number of carbonyl (C=O) groups excluding carboxylic acids is 1. The fourth-order valence-corrected chi connectivity index (χ4v) is 1.67. The summed E-state index contributed by atoms with van der Waals surface area (Å²) in [7, 11) is 1.51. The third kappa shape index (κ3) is 2.70. The van der Waals surface area contributed by atoms with Gasteiger partial charge in [0.2, 0.25) is 0 Å². The minimum Gasteiger partial charge on any atom is -0.396 e. The van der Waals surface area contributed by atoms with Crippen molar-refractivity contribution in [3.63, 3.8) is 0 Å². The van der Waals surface area contributed by atoms with Gasteiger partial charge in [-0.1, -0.05) is 6.07 Å². The molecule has 0 radical (unpaired) electrons. The smallest absolute Gasteiger partial charge is 0.258 e. The summed E-state index contributed by atoms with van der Waals surface area (Å²) in [5, 5.41) is 0. The van der Waals surface area contributed by atoms with Crippen LogP contribution in [-0.2, 0) is 0 Å². The number of benzene rings is 2. The van der Waals surface area contributed by atoms with Gasteiger partial charge in [-0.15, -0.1) is 0 Å². The lowest BCUT2D eigenvalue weighted by molar-refractivity contribution is 0.0993. The molecule has 0 fully saturated rings. The molecule has 0 aromatic heterocycles. The molecule has 2 aromatic rings. The van der Waals surface area contributed by atoms with Gasteiger partial charge in [0, 0.05) is 18.3 Å². The number of amides is 1. The van der Waals surface area contributed by atoms with Gasteiger partial charge in [0.1, 0.15) is 11.6 Å². The Kier molecular flexibility index (Phi) is 3.46. The molecule has 98 valence electrons. The summed E-state index contributed by atoms with van der Waals surface area (Å²) in [5.74, 6) is -1.40. The second-order valence-corrected chi connectivity index (χ2v) is 4.08. The van der Waals surface area contributed by atoms with Crippen molar-refractivity contribution in [1.82, 2.24) is 0 Å². The predicted molar refractivity (Wildman–Crippen MR) is 69.9 cm³/mol. The summed E-state index contributed by atoms with van der Waals surface area (Å²) >= 11 is 0. The molecule has 0 spiro atoms. The number of rotatable bonds is 2. The highest BCUT2D eigenvalue weighted by atomic mass is 19.1. The second kappa shape index (κ2) is 5.06. The Morgan fingerprint density at radius 3 is 2.53 bits per heavy atom. The number of nitrogen functional groups attached to an aromatic ring is 1. The molecule has 0 heterocycles. The molecule has 0 aliphatic carbocycles. The number of hydrogen-bond acceptors (Lipinski definition) is 2. The first-order valence-electron chi connectivity index (χ1n) is 5.57. The first-order valence-corrected chi connectivity index (χ1v) is 5.57. The highest BCUT2D eigenvalue weighted by molar-refractivity contribution is 6.06. The highest BCUT2D eigenvalue weighted by Crippen LogP contribution is 2.19. The van der Waals surface area contributed by atoms with Crippen molar-refractivity contribution in [2.45, 2.75) is 0 Å². The molecule has 0 saturated carbocycles. The Labute approximate surface area is 109 Å². The molecule has 0 bridgehead atoms. The lowest BCUT2D eigenvalue weighted by atomic mass is 10.1. The average molecular weight is 262 g/mol. The third-order valence-corrected chi connectivity index (χ3v) is 2.74. The van der Waals surface area contributed by atoms with Crippen LogP contribution in [0, 0.1) is 11.6 Å². The maximum atomic E-state index is 13.1. The van der Waals surface area contributed by atoms with Crippen LogP contribution in [0.1, 0.15) is 10.4 Å². The van der Waals surface area contributed by atoms with Crippen LogP contribution in [0.25, 0.3) is 0 Å². The Bertz CT molecular complexity index is 629. The Morgan fingerprint density at radius 2 is 1.89 bits per heavy atom. The van der Waals surface area contributed by atoms with Gasteiger partial charge in [0.15, 0.2) is 0 Å². The van der Waals surface area contributed by atoms with Crippen LogP contribution in [0.15, 0.2) is 42.5 Å². The van der Waals surface area contributed by atoms with Crippen LogP contribution in [0.4, 0.5) is 20.2 Å². The molecule has 0 aliphatic heterocycles. The SMILES string of the molecule is CN(C(=O)c1ccc(F)c(N)c1)c1cccc(F)c1. The maximum absolute atomic E-state index is 13.1. The molecule has 19 heavy (non-hydrogen) atoms. The van der Waals surface area contributed by atoms with E-state index in [1.54, 1.807) is 6.07 Å². The summed E-state index contributed by atoms with van der Waals surface area (Å²) in [6.45, 7) is 0. The molecule has 5 heteroatoms. The molecule has 0 aliphatic rings. The van der Waals surface area contributed by atoms with Crippen LogP contribution >= 0.6 is 0 Å². The fraction of sp³-hybridized carbons (Fsp3) is 0.0714. The van der Waals surface area contributed by atoms with Crippen molar-refractivity contribution >= 4 is 17.3 Å². The summed E-state index contributed by atoms with van der Waals surface area (Å²) in [6, 6.07) is 9.36. The van der Waals surface area contributed by atoms with Crippen molar-refractivity contribution in [1.29, 1.82) is 0 Å². The van der Waals surface area contributed by atoms with Gasteiger partial charge in [-0.2, -0.15) is 0 Å². The number of anilines is 2. The number of nitrogens with zero attached hydrogens (tertiary/aromatic N) is 1. The van der Waals surface area contributed by atoms with E-state index in [2.05, 4.69) is 0 Å². The lowest BCUT2D eigenvalue weighted by Gasteiger charge is -2.17. The average Bonchev–Trinajstić information content (AvgIpc) is 2.40. The number of carbonyl (C=O) groups is 1. The van der Waals surface area contributed by atoms with Gasteiger partial charge in [0.05, 0.1) is 5.69 Å². The van der Waals surface area contributed by atoms with E-state index in [1.807, 2.05) is 0 Å². The van der Waals surface area contributed by atoms with Gasteiger partial charge in [-0.25, -0.2) is 8.78 Å². The van der Waals surface area contributed by atoms with Crippen LogP contribution < -0.4 is 10.6 Å². The van der Waals surface area contributed by atoms with Gasteiger partial charge >= 0.3 is 0 Å². The van der Waals surface area contributed by atoms with Gasteiger partial charge in [-0.3, -0.25) is 4.79 Å². The fourth-order valence-electron chi connectivity index (χ4n) is 1.67. The minimum atomic E-state index is -0.579. The van der Waals surface area contributed by atoms with E-state index < -0.39 is 17.5 Å². The van der Waals surface area contributed by atoms with Gasteiger partial charge in [0.25, 0.3) is 5.91 Å². The first-order chi connectivity index (χ1) is 8.99. The van der Waals surface area contributed by atoms with E-state index in [9.17, 15) is 13.6 Å². The Balaban J connectivity index is 2.30. The molecule has 0 unspecified atom stereocenters. The van der Waals surface area contributed by atoms with Crippen molar-refractivity contribution in [3.05, 3.63) is 59.7 Å². The monoisotopic (exact) mass is 262 g/mol. The molecular weight excluding hydrogens is 250 g/mol. The molecule has 1 amide bonds. The predicted octanol–water partition coefficient (Wildman–Crippen LogP) is 2.82. The standard InChI is InChI=1S/C14H12F2N2O/c1-18(11-4-2-3-10(15)8-11)14(19)9-5-6-12(16)13(17)7-9/h2-8H,17H2,1H3. The number of nitrogens with two attached hydrogens (primary N) is 1. The Morgan fingerprint density at radius 1 is 1.16 bits per heavy atom. The summed E-state index contributed by atoms with van der Waals surface area (Å²) < 4.78 is 26.1. The minimum absolute atomic E-state index is 0.0986. The zero-order valence-electron chi connectivity index (χ0n) is 10.2. The van der Waals surface area contributed by atoms with Crippen molar-refractivity contribution in [3.8, 4) is 0 Å². The van der Waals surface area contributed by atoms with Crippen LogP contribution in [0.3, 0.4) is 0 Å². The number of hydrogen-bond donors (Lipinski definition) is 1. The van der Waals surface area contributed by atoms with Crippen molar-refractivity contribution in [2.24, 2.45) is 0 Å². The maximum Gasteiger partial charge on any atom is 0.258 e. The zero-order chi connectivity index (χ0) is 14.0. The van der Waals surface area contributed by atoms with E-state index in [0.717, 1.165) is 6.07 Å². The van der Waals surface area contributed by atoms with Crippen LogP contribution in [-0.4, -0.2) is 13.0 Å². The van der Waals surface area contributed by atoms with Crippen LogP contribution in [0.2, 0.25) is 0 Å². The van der Waals surface area contributed by atoms with E-state index in [0.29, 0.717) is 5.69 Å². The number of halogens is 2. The third-order valence-electron chi connectivity index (χ3n) is 2.74. The van der Waals surface area contributed by atoms with E-state index >= 15 is 0 Å². The molecule has 3 nitrogen and oxygen atoms in total. The second-order valence-electron chi connectivity index (χ2n) is 4.08. The van der Waals surface area contributed by atoms with Gasteiger partial charge < -0.3 is 10.6 Å². The molecule has 2 rings (SSSR count). The van der Waals surface area contributed by atoms with Crippen LogP contribution in [0.5, 0.6) is 0 Å². The lowest BCUT2D eigenvalue weighted by Crippen LogP contribution is -2.26. The quantitative estimate of drug-likeness (QED) is 0.846. The summed E-state index contributed by atoms with van der Waals surface area (Å²) in [6.07, 6.45) is 0. The van der Waals surface area contributed by atoms with Gasteiger partial charge in [-0.05, 0) is 36.4 Å². The molecule has 2 N–H and O–H groups in total. The summed E-state index contributed by atoms with van der Waals surface area (Å²) in [5.41, 5.74) is 5.97. The largest absolute Gasteiger partial charge is 0.396 e. The summed E-state index contributed by atoms with van der Waals surface area (Å²) in [4.78, 5) is 13.4. The van der Waals surface area contributed by atoms with E-state index in [1.165, 1.54) is 42.3 Å². The topological polar surface area (TPSA) is 46.3 Å². The highest BCUT2D eigenvalue weighted by Gasteiger charge is 2.15. The van der Waals surface area contributed by atoms with E-state index in [-0.39, 0.29) is 11.3 Å². The van der Waals surface area contributed by atoms with Crippen molar-refractivity contribution < 1.29 is 13.6 Å². The van der Waals surface area contributed by atoms with E-state index in [4.69, 9.17) is 5.73 Å². The molecule has 0 saturated heterocycles.